The van der Waals surface area contributed by atoms with Crippen LogP contribution in [0.3, 0.4) is 0 Å². The van der Waals surface area contributed by atoms with E-state index in [2.05, 4.69) is 10.6 Å². The van der Waals surface area contributed by atoms with Crippen LogP contribution in [0.5, 0.6) is 5.75 Å². The van der Waals surface area contributed by atoms with Gasteiger partial charge in [0.05, 0.1) is 30.8 Å². The molecule has 0 radical (unpaired) electrons. The zero-order valence-corrected chi connectivity index (χ0v) is 14.1. The largest absolute Gasteiger partial charge is 0.495 e. The predicted octanol–water partition coefficient (Wildman–Crippen LogP) is 1.37. The van der Waals surface area contributed by atoms with Crippen molar-refractivity contribution in [2.75, 3.05) is 30.5 Å². The number of carbonyl (C=O) groups is 1. The molecule has 1 aromatic carbocycles. The molecule has 1 aliphatic heterocycles. The van der Waals surface area contributed by atoms with Crippen LogP contribution in [0.2, 0.25) is 5.02 Å². The first-order valence-corrected chi connectivity index (χ1v) is 9.08. The number of nitrogens with one attached hydrogen (secondary N) is 2. The maximum Gasteiger partial charge on any atom is 0.239 e. The van der Waals surface area contributed by atoms with E-state index in [1.807, 2.05) is 6.92 Å². The first-order chi connectivity index (χ1) is 10.3. The summed E-state index contributed by atoms with van der Waals surface area (Å²) in [4.78, 5) is 11.9. The van der Waals surface area contributed by atoms with E-state index in [1.54, 1.807) is 12.1 Å². The van der Waals surface area contributed by atoms with Crippen molar-refractivity contribution in [1.29, 1.82) is 0 Å². The van der Waals surface area contributed by atoms with Gasteiger partial charge in [-0.1, -0.05) is 11.6 Å². The molecule has 0 aromatic heterocycles. The molecule has 1 amide bonds. The molecule has 0 spiro atoms. The van der Waals surface area contributed by atoms with Crippen molar-refractivity contribution in [3.63, 3.8) is 0 Å². The Hall–Kier alpha value is -1.47. The minimum atomic E-state index is -3.00. The third-order valence-electron chi connectivity index (χ3n) is 3.52. The van der Waals surface area contributed by atoms with Crippen LogP contribution in [-0.4, -0.2) is 45.5 Å². The summed E-state index contributed by atoms with van der Waals surface area (Å²) in [7, 11) is -1.48. The van der Waals surface area contributed by atoms with Crippen molar-refractivity contribution < 1.29 is 17.9 Å². The summed E-state index contributed by atoms with van der Waals surface area (Å²) in [6.45, 7) is 1.89. The van der Waals surface area contributed by atoms with Gasteiger partial charge in [-0.3, -0.25) is 4.79 Å². The van der Waals surface area contributed by atoms with Gasteiger partial charge >= 0.3 is 0 Å². The number of anilines is 1. The second kappa shape index (κ2) is 6.75. The van der Waals surface area contributed by atoms with Crippen LogP contribution >= 0.6 is 11.6 Å². The molecule has 1 saturated heterocycles. The Balaban J connectivity index is 1.93. The number of carbonyl (C=O) groups excluding carboxylic acids is 1. The Morgan fingerprint density at radius 1 is 1.45 bits per heavy atom. The fourth-order valence-electron chi connectivity index (χ4n) is 2.33. The van der Waals surface area contributed by atoms with Gasteiger partial charge < -0.3 is 15.4 Å². The second-order valence-corrected chi connectivity index (χ2v) is 7.96. The van der Waals surface area contributed by atoms with Gasteiger partial charge in [-0.25, -0.2) is 8.42 Å². The van der Waals surface area contributed by atoms with E-state index >= 15 is 0 Å². The Bertz CT molecular complexity index is 676. The predicted molar refractivity (Wildman–Crippen MR) is 86.4 cm³/mol. The van der Waals surface area contributed by atoms with Crippen molar-refractivity contribution in [1.82, 2.24) is 5.32 Å². The lowest BCUT2D eigenvalue weighted by atomic mass is 10.2. The highest BCUT2D eigenvalue weighted by Gasteiger charge is 2.28. The van der Waals surface area contributed by atoms with Gasteiger partial charge in [0.25, 0.3) is 0 Å². The first-order valence-electron chi connectivity index (χ1n) is 6.88. The van der Waals surface area contributed by atoms with Crippen LogP contribution in [0.25, 0.3) is 0 Å². The zero-order valence-electron chi connectivity index (χ0n) is 12.5. The van der Waals surface area contributed by atoms with E-state index in [4.69, 9.17) is 16.3 Å². The standard InChI is InChI=1S/C14H19ClN2O4S/c1-9-5-12(13(21-2)6-11(9)15)16-7-14(18)17-10-3-4-22(19,20)8-10/h5-6,10,16H,3-4,7-8H2,1-2H3,(H,17,18)/t10-/m0/s1. The summed E-state index contributed by atoms with van der Waals surface area (Å²) < 4.78 is 27.9. The number of aryl methyl sites for hydroxylation is 1. The van der Waals surface area contributed by atoms with Crippen molar-refractivity contribution in [3.8, 4) is 5.75 Å². The highest BCUT2D eigenvalue weighted by Crippen LogP contribution is 2.30. The van der Waals surface area contributed by atoms with Gasteiger partial charge in [0.2, 0.25) is 5.91 Å². The van der Waals surface area contributed by atoms with Gasteiger partial charge in [-0.2, -0.15) is 0 Å². The van der Waals surface area contributed by atoms with Gasteiger partial charge in [-0.05, 0) is 25.0 Å². The van der Waals surface area contributed by atoms with Crippen LogP contribution in [0.4, 0.5) is 5.69 Å². The Morgan fingerprint density at radius 2 is 2.18 bits per heavy atom. The van der Waals surface area contributed by atoms with Gasteiger partial charge in [0, 0.05) is 17.1 Å². The number of rotatable bonds is 5. The molecule has 2 rings (SSSR count). The average molecular weight is 347 g/mol. The number of amides is 1. The number of hydrogen-bond donors (Lipinski definition) is 2. The van der Waals surface area contributed by atoms with E-state index < -0.39 is 9.84 Å². The molecule has 1 heterocycles. The third kappa shape index (κ3) is 4.27. The minimum absolute atomic E-state index is 0.0160. The molecule has 1 fully saturated rings. The summed E-state index contributed by atoms with van der Waals surface area (Å²) in [5, 5.41) is 6.29. The summed E-state index contributed by atoms with van der Waals surface area (Å²) in [5.41, 5.74) is 1.53. The molecule has 1 atom stereocenters. The van der Waals surface area contributed by atoms with E-state index in [-0.39, 0.29) is 30.0 Å². The molecule has 8 heteroatoms. The highest BCUT2D eigenvalue weighted by atomic mass is 35.5. The molecule has 2 N–H and O–H groups in total. The number of hydrogen-bond acceptors (Lipinski definition) is 5. The van der Waals surface area contributed by atoms with Crippen LogP contribution in [0.1, 0.15) is 12.0 Å². The van der Waals surface area contributed by atoms with Crippen molar-refractivity contribution >= 4 is 33.0 Å². The Kier molecular flexibility index (Phi) is 5.18. The number of benzene rings is 1. The molecule has 1 aromatic rings. The molecule has 1 aliphatic rings. The van der Waals surface area contributed by atoms with Crippen LogP contribution in [0, 0.1) is 6.92 Å². The molecular weight excluding hydrogens is 328 g/mol. The van der Waals surface area contributed by atoms with Crippen LogP contribution in [-0.2, 0) is 14.6 Å². The summed E-state index contributed by atoms with van der Waals surface area (Å²) in [6.07, 6.45) is 0.470. The minimum Gasteiger partial charge on any atom is -0.495 e. The zero-order chi connectivity index (χ0) is 16.3. The third-order valence-corrected chi connectivity index (χ3v) is 5.69. The Labute approximate surface area is 135 Å². The lowest BCUT2D eigenvalue weighted by Crippen LogP contribution is -2.39. The molecule has 6 nitrogen and oxygen atoms in total. The first kappa shape index (κ1) is 16.9. The van der Waals surface area contributed by atoms with Crippen LogP contribution < -0.4 is 15.4 Å². The number of halogens is 1. The quantitative estimate of drug-likeness (QED) is 0.841. The number of sulfone groups is 1. The van der Waals surface area contributed by atoms with Crippen molar-refractivity contribution in [3.05, 3.63) is 22.7 Å². The molecule has 0 aliphatic carbocycles. The van der Waals surface area contributed by atoms with Gasteiger partial charge in [-0.15, -0.1) is 0 Å². The fraction of sp³-hybridized carbons (Fsp3) is 0.500. The lowest BCUT2D eigenvalue weighted by Gasteiger charge is -2.15. The SMILES string of the molecule is COc1cc(Cl)c(C)cc1NCC(=O)N[C@H]1CCS(=O)(=O)C1. The number of methoxy groups -OCH3 is 1. The van der Waals surface area contributed by atoms with Gasteiger partial charge in [0.1, 0.15) is 5.75 Å². The molecular formula is C14H19ClN2O4S. The van der Waals surface area contributed by atoms with E-state index in [0.717, 1.165) is 5.56 Å². The normalized spacial score (nSPS) is 19.7. The monoisotopic (exact) mass is 346 g/mol. The summed E-state index contributed by atoms with van der Waals surface area (Å²) in [6, 6.07) is 3.18. The van der Waals surface area contributed by atoms with E-state index in [9.17, 15) is 13.2 Å². The lowest BCUT2D eigenvalue weighted by molar-refractivity contribution is -0.119. The highest BCUT2D eigenvalue weighted by molar-refractivity contribution is 7.91. The van der Waals surface area contributed by atoms with Crippen molar-refractivity contribution in [2.24, 2.45) is 0 Å². The molecule has 22 heavy (non-hydrogen) atoms. The van der Waals surface area contributed by atoms with E-state index in [1.165, 1.54) is 7.11 Å². The number of ether oxygens (including phenoxy) is 1. The maximum atomic E-state index is 11.9. The van der Waals surface area contributed by atoms with Crippen LogP contribution in [0.15, 0.2) is 12.1 Å². The van der Waals surface area contributed by atoms with Gasteiger partial charge in [0.15, 0.2) is 9.84 Å². The molecule has 0 bridgehead atoms. The average Bonchev–Trinajstić information content (AvgIpc) is 2.78. The molecule has 0 saturated carbocycles. The second-order valence-electron chi connectivity index (χ2n) is 5.32. The molecule has 122 valence electrons. The topological polar surface area (TPSA) is 84.5 Å². The molecule has 0 unspecified atom stereocenters. The van der Waals surface area contributed by atoms with E-state index in [0.29, 0.717) is 22.9 Å². The fourth-order valence-corrected chi connectivity index (χ4v) is 4.16. The maximum absolute atomic E-state index is 11.9. The summed E-state index contributed by atoms with van der Waals surface area (Å²) >= 11 is 6.02. The summed E-state index contributed by atoms with van der Waals surface area (Å²) in [5.74, 6) is 0.445. The Morgan fingerprint density at radius 3 is 2.77 bits per heavy atom. The van der Waals surface area contributed by atoms with Crippen molar-refractivity contribution in [2.45, 2.75) is 19.4 Å². The smallest absolute Gasteiger partial charge is 0.239 e.